The molecule has 2 rings (SSSR count). The van der Waals surface area contributed by atoms with Crippen molar-refractivity contribution in [3.05, 3.63) is 16.8 Å². The van der Waals surface area contributed by atoms with Gasteiger partial charge in [-0.3, -0.25) is 0 Å². The standard InChI is InChI=1S/C11H14ClN3S/c1-7-8(2)16-11-9(7)10(14-6-15-11)13-5-3-4-12/h6H,3-5H2,1-2H3,(H,13,14,15). The van der Waals surface area contributed by atoms with Crippen LogP contribution in [-0.2, 0) is 0 Å². The van der Waals surface area contributed by atoms with E-state index in [1.54, 1.807) is 17.7 Å². The molecule has 0 atom stereocenters. The lowest BCUT2D eigenvalue weighted by atomic mass is 10.2. The molecule has 16 heavy (non-hydrogen) atoms. The summed E-state index contributed by atoms with van der Waals surface area (Å²) >= 11 is 7.37. The first-order valence-electron chi connectivity index (χ1n) is 5.24. The van der Waals surface area contributed by atoms with Crippen LogP contribution in [0.25, 0.3) is 10.2 Å². The molecule has 0 aliphatic rings. The van der Waals surface area contributed by atoms with E-state index in [0.717, 1.165) is 29.0 Å². The number of alkyl halides is 1. The number of halogens is 1. The second-order valence-electron chi connectivity index (χ2n) is 3.65. The highest BCUT2D eigenvalue weighted by Gasteiger charge is 2.10. The second-order valence-corrected chi connectivity index (χ2v) is 5.24. The van der Waals surface area contributed by atoms with Gasteiger partial charge in [0.15, 0.2) is 0 Å². The van der Waals surface area contributed by atoms with Crippen LogP contribution in [0.1, 0.15) is 16.9 Å². The third kappa shape index (κ3) is 2.13. The molecule has 0 aliphatic carbocycles. The van der Waals surface area contributed by atoms with Crippen molar-refractivity contribution in [1.82, 2.24) is 9.97 Å². The lowest BCUT2D eigenvalue weighted by Gasteiger charge is -2.05. The van der Waals surface area contributed by atoms with E-state index in [-0.39, 0.29) is 0 Å². The lowest BCUT2D eigenvalue weighted by Crippen LogP contribution is -2.04. The molecule has 5 heteroatoms. The summed E-state index contributed by atoms with van der Waals surface area (Å²) in [6, 6.07) is 0. The van der Waals surface area contributed by atoms with Gasteiger partial charge in [-0.05, 0) is 25.8 Å². The maximum atomic E-state index is 5.65. The topological polar surface area (TPSA) is 37.8 Å². The fraction of sp³-hybridized carbons (Fsp3) is 0.455. The van der Waals surface area contributed by atoms with Crippen LogP contribution in [0.3, 0.4) is 0 Å². The Kier molecular flexibility index (Phi) is 3.61. The van der Waals surface area contributed by atoms with Gasteiger partial charge in [0.2, 0.25) is 0 Å². The number of rotatable bonds is 4. The van der Waals surface area contributed by atoms with Gasteiger partial charge in [0.05, 0.1) is 5.39 Å². The smallest absolute Gasteiger partial charge is 0.138 e. The number of aryl methyl sites for hydroxylation is 2. The fourth-order valence-electron chi connectivity index (χ4n) is 1.59. The number of hydrogen-bond acceptors (Lipinski definition) is 4. The van der Waals surface area contributed by atoms with Crippen LogP contribution in [0.5, 0.6) is 0 Å². The Morgan fingerprint density at radius 1 is 1.38 bits per heavy atom. The molecule has 0 aromatic carbocycles. The summed E-state index contributed by atoms with van der Waals surface area (Å²) in [6.07, 6.45) is 2.55. The molecular formula is C11H14ClN3S. The van der Waals surface area contributed by atoms with Crippen molar-refractivity contribution in [3.63, 3.8) is 0 Å². The third-order valence-corrected chi connectivity index (χ3v) is 3.95. The number of anilines is 1. The number of hydrogen-bond donors (Lipinski definition) is 1. The van der Waals surface area contributed by atoms with E-state index in [4.69, 9.17) is 11.6 Å². The molecule has 1 N–H and O–H groups in total. The number of nitrogens with zero attached hydrogens (tertiary/aromatic N) is 2. The van der Waals surface area contributed by atoms with Gasteiger partial charge in [0.1, 0.15) is 17.0 Å². The maximum Gasteiger partial charge on any atom is 0.138 e. The first-order chi connectivity index (χ1) is 7.74. The van der Waals surface area contributed by atoms with Crippen molar-refractivity contribution in [1.29, 1.82) is 0 Å². The van der Waals surface area contributed by atoms with Gasteiger partial charge in [-0.2, -0.15) is 0 Å². The zero-order chi connectivity index (χ0) is 11.5. The van der Waals surface area contributed by atoms with Gasteiger partial charge < -0.3 is 5.32 Å². The second kappa shape index (κ2) is 4.97. The Balaban J connectivity index is 2.36. The average molecular weight is 256 g/mol. The molecule has 0 aliphatic heterocycles. The summed E-state index contributed by atoms with van der Waals surface area (Å²) in [5.41, 5.74) is 1.27. The third-order valence-electron chi connectivity index (χ3n) is 2.57. The molecule has 0 fully saturated rings. The molecule has 0 saturated heterocycles. The minimum Gasteiger partial charge on any atom is -0.369 e. The molecule has 2 aromatic heterocycles. The molecule has 0 spiro atoms. The minimum absolute atomic E-state index is 0.670. The summed E-state index contributed by atoms with van der Waals surface area (Å²) in [6.45, 7) is 5.08. The van der Waals surface area contributed by atoms with E-state index in [1.807, 2.05) is 0 Å². The number of thiophene rings is 1. The van der Waals surface area contributed by atoms with E-state index in [1.165, 1.54) is 10.4 Å². The maximum absolute atomic E-state index is 5.65. The number of aromatic nitrogens is 2. The zero-order valence-corrected chi connectivity index (χ0v) is 11.0. The predicted octanol–water partition coefficient (Wildman–Crippen LogP) is 3.35. The monoisotopic (exact) mass is 255 g/mol. The first kappa shape index (κ1) is 11.6. The highest BCUT2D eigenvalue weighted by Crippen LogP contribution is 2.32. The van der Waals surface area contributed by atoms with Gasteiger partial charge in [-0.25, -0.2) is 9.97 Å². The van der Waals surface area contributed by atoms with Crippen molar-refractivity contribution in [2.45, 2.75) is 20.3 Å². The Morgan fingerprint density at radius 2 is 2.19 bits per heavy atom. The summed E-state index contributed by atoms with van der Waals surface area (Å²) < 4.78 is 0. The number of fused-ring (bicyclic) bond motifs is 1. The van der Waals surface area contributed by atoms with Crippen molar-refractivity contribution >= 4 is 39.0 Å². The van der Waals surface area contributed by atoms with Gasteiger partial charge in [-0.1, -0.05) is 0 Å². The van der Waals surface area contributed by atoms with E-state index in [0.29, 0.717) is 5.88 Å². The van der Waals surface area contributed by atoms with Gasteiger partial charge in [0.25, 0.3) is 0 Å². The summed E-state index contributed by atoms with van der Waals surface area (Å²) in [5.74, 6) is 1.60. The van der Waals surface area contributed by atoms with Crippen LogP contribution in [0.15, 0.2) is 6.33 Å². The fourth-order valence-corrected chi connectivity index (χ4v) is 2.72. The van der Waals surface area contributed by atoms with Crippen molar-refractivity contribution < 1.29 is 0 Å². The first-order valence-corrected chi connectivity index (χ1v) is 6.59. The van der Waals surface area contributed by atoms with Crippen LogP contribution in [0.4, 0.5) is 5.82 Å². The molecular weight excluding hydrogens is 242 g/mol. The molecule has 2 heterocycles. The molecule has 0 unspecified atom stereocenters. The highest BCUT2D eigenvalue weighted by atomic mass is 35.5. The summed E-state index contributed by atoms with van der Waals surface area (Å²) in [5, 5.41) is 4.47. The SMILES string of the molecule is Cc1sc2ncnc(NCCCCl)c2c1C. The van der Waals surface area contributed by atoms with Crippen LogP contribution in [0.2, 0.25) is 0 Å². The van der Waals surface area contributed by atoms with Crippen molar-refractivity contribution in [2.75, 3.05) is 17.7 Å². The Bertz CT molecular complexity index is 495. The Hall–Kier alpha value is -0.870. The van der Waals surface area contributed by atoms with Crippen LogP contribution >= 0.6 is 22.9 Å². The molecule has 0 bridgehead atoms. The average Bonchev–Trinajstić information content (AvgIpc) is 2.56. The normalized spacial score (nSPS) is 10.9. The Labute approximate surface area is 104 Å². The van der Waals surface area contributed by atoms with Crippen LogP contribution < -0.4 is 5.32 Å². The molecule has 0 amide bonds. The van der Waals surface area contributed by atoms with E-state index in [2.05, 4.69) is 29.1 Å². The van der Waals surface area contributed by atoms with E-state index in [9.17, 15) is 0 Å². The van der Waals surface area contributed by atoms with Gasteiger partial charge in [0, 0.05) is 17.3 Å². The minimum atomic E-state index is 0.670. The molecule has 86 valence electrons. The lowest BCUT2D eigenvalue weighted by molar-refractivity contribution is 0.976. The van der Waals surface area contributed by atoms with E-state index < -0.39 is 0 Å². The quantitative estimate of drug-likeness (QED) is 0.673. The zero-order valence-electron chi connectivity index (χ0n) is 9.38. The molecule has 0 saturated carbocycles. The Morgan fingerprint density at radius 3 is 2.94 bits per heavy atom. The van der Waals surface area contributed by atoms with Crippen molar-refractivity contribution in [3.8, 4) is 0 Å². The predicted molar refractivity (Wildman–Crippen MR) is 70.7 cm³/mol. The molecule has 3 nitrogen and oxygen atoms in total. The largest absolute Gasteiger partial charge is 0.369 e. The van der Waals surface area contributed by atoms with Crippen LogP contribution in [0, 0.1) is 13.8 Å². The van der Waals surface area contributed by atoms with Gasteiger partial charge in [-0.15, -0.1) is 22.9 Å². The van der Waals surface area contributed by atoms with Gasteiger partial charge >= 0.3 is 0 Å². The molecule has 2 aromatic rings. The van der Waals surface area contributed by atoms with E-state index >= 15 is 0 Å². The number of nitrogens with one attached hydrogen (secondary N) is 1. The summed E-state index contributed by atoms with van der Waals surface area (Å²) in [4.78, 5) is 10.9. The molecule has 0 radical (unpaired) electrons. The highest BCUT2D eigenvalue weighted by molar-refractivity contribution is 7.18. The van der Waals surface area contributed by atoms with Crippen molar-refractivity contribution in [2.24, 2.45) is 0 Å². The summed E-state index contributed by atoms with van der Waals surface area (Å²) in [7, 11) is 0. The van der Waals surface area contributed by atoms with Crippen LogP contribution in [-0.4, -0.2) is 22.4 Å².